The molecule has 6 nitrogen and oxygen atoms in total. The minimum atomic E-state index is -0.441. The molecule has 0 radical (unpaired) electrons. The Balaban J connectivity index is 2.20. The number of nitrogens with one attached hydrogen (secondary N) is 1. The molecule has 2 aromatic rings. The van der Waals surface area contributed by atoms with Gasteiger partial charge >= 0.3 is 5.97 Å². The summed E-state index contributed by atoms with van der Waals surface area (Å²) in [5, 5.41) is 7.57. The van der Waals surface area contributed by atoms with E-state index in [0.717, 1.165) is 21.8 Å². The molecule has 0 spiro atoms. The largest absolute Gasteiger partial charge is 0.465 e. The van der Waals surface area contributed by atoms with Crippen molar-refractivity contribution in [3.8, 4) is 0 Å². The number of methoxy groups -OCH3 is 1. The smallest absolute Gasteiger partial charge is 0.341 e. The molecule has 0 bridgehead atoms. The number of anilines is 1. The van der Waals surface area contributed by atoms with Crippen molar-refractivity contribution in [2.45, 2.75) is 34.2 Å². The Labute approximate surface area is 133 Å². The van der Waals surface area contributed by atoms with E-state index in [2.05, 4.69) is 10.4 Å². The van der Waals surface area contributed by atoms with Gasteiger partial charge < -0.3 is 10.1 Å². The summed E-state index contributed by atoms with van der Waals surface area (Å²) in [5.41, 5.74) is 3.03. The van der Waals surface area contributed by atoms with E-state index in [1.165, 1.54) is 18.4 Å². The summed E-state index contributed by atoms with van der Waals surface area (Å²) in [6, 6.07) is 1.91. The summed E-state index contributed by atoms with van der Waals surface area (Å²) in [4.78, 5) is 25.1. The zero-order valence-electron chi connectivity index (χ0n) is 13.3. The number of hydrogen-bond acceptors (Lipinski definition) is 5. The summed E-state index contributed by atoms with van der Waals surface area (Å²) >= 11 is 1.37. The van der Waals surface area contributed by atoms with E-state index in [-0.39, 0.29) is 12.5 Å². The lowest BCUT2D eigenvalue weighted by molar-refractivity contribution is -0.116. The molecule has 0 aromatic carbocycles. The Morgan fingerprint density at radius 3 is 2.55 bits per heavy atom. The van der Waals surface area contributed by atoms with Crippen LogP contribution in [-0.2, 0) is 16.1 Å². The Morgan fingerprint density at radius 2 is 2.00 bits per heavy atom. The van der Waals surface area contributed by atoms with Crippen LogP contribution in [0.4, 0.5) is 5.00 Å². The highest BCUT2D eigenvalue weighted by Crippen LogP contribution is 2.32. The number of aryl methyl sites for hydroxylation is 3. The first-order chi connectivity index (χ1) is 10.3. The highest BCUT2D eigenvalue weighted by molar-refractivity contribution is 7.16. The minimum absolute atomic E-state index is 0.107. The fourth-order valence-electron chi connectivity index (χ4n) is 2.20. The molecule has 22 heavy (non-hydrogen) atoms. The van der Waals surface area contributed by atoms with Gasteiger partial charge in [-0.3, -0.25) is 9.48 Å². The van der Waals surface area contributed by atoms with Crippen LogP contribution in [0, 0.1) is 27.7 Å². The molecule has 0 unspecified atom stereocenters. The number of carbonyl (C=O) groups excluding carboxylic acids is 2. The molecule has 0 aliphatic heterocycles. The van der Waals surface area contributed by atoms with Crippen LogP contribution >= 0.6 is 11.3 Å². The lowest BCUT2D eigenvalue weighted by Crippen LogP contribution is -2.21. The topological polar surface area (TPSA) is 73.2 Å². The van der Waals surface area contributed by atoms with E-state index in [4.69, 9.17) is 4.74 Å². The molecule has 0 saturated carbocycles. The summed E-state index contributed by atoms with van der Waals surface area (Å²) in [7, 11) is 1.33. The molecule has 0 saturated heterocycles. The third-order valence-electron chi connectivity index (χ3n) is 3.42. The Bertz CT molecular complexity index is 731. The molecule has 2 aromatic heterocycles. The van der Waals surface area contributed by atoms with Gasteiger partial charge in [-0.05, 0) is 39.3 Å². The van der Waals surface area contributed by atoms with Crippen molar-refractivity contribution in [3.63, 3.8) is 0 Å². The van der Waals surface area contributed by atoms with Gasteiger partial charge in [0.15, 0.2) is 0 Å². The van der Waals surface area contributed by atoms with Gasteiger partial charge in [-0.2, -0.15) is 5.10 Å². The maximum absolute atomic E-state index is 12.2. The van der Waals surface area contributed by atoms with Crippen molar-refractivity contribution in [2.75, 3.05) is 12.4 Å². The van der Waals surface area contributed by atoms with Crippen LogP contribution < -0.4 is 5.32 Å². The third-order valence-corrected chi connectivity index (χ3v) is 4.55. The first-order valence-electron chi connectivity index (χ1n) is 6.82. The second-order valence-corrected chi connectivity index (χ2v) is 6.34. The molecule has 0 aliphatic carbocycles. The van der Waals surface area contributed by atoms with Gasteiger partial charge in [0, 0.05) is 10.6 Å². The van der Waals surface area contributed by atoms with Crippen LogP contribution in [0.15, 0.2) is 6.07 Å². The molecule has 1 amide bonds. The van der Waals surface area contributed by atoms with Crippen molar-refractivity contribution in [1.82, 2.24) is 9.78 Å². The number of rotatable bonds is 4. The molecule has 118 valence electrons. The SMILES string of the molecule is COC(=O)c1c(NC(=O)Cn2nc(C)cc2C)sc(C)c1C. The van der Waals surface area contributed by atoms with Crippen molar-refractivity contribution in [1.29, 1.82) is 0 Å². The third kappa shape index (κ3) is 3.19. The average molecular weight is 321 g/mol. The monoisotopic (exact) mass is 321 g/mol. The first kappa shape index (κ1) is 16.2. The molecular formula is C15H19N3O3S. The fraction of sp³-hybridized carbons (Fsp3) is 0.400. The van der Waals surface area contributed by atoms with Gasteiger partial charge in [0.05, 0.1) is 18.4 Å². The number of amides is 1. The molecule has 2 heterocycles. The van der Waals surface area contributed by atoms with Crippen molar-refractivity contribution in [3.05, 3.63) is 33.5 Å². The molecule has 2 rings (SSSR count). The average Bonchev–Trinajstić information content (AvgIpc) is 2.89. The van der Waals surface area contributed by atoms with E-state index in [0.29, 0.717) is 10.6 Å². The van der Waals surface area contributed by atoms with E-state index in [9.17, 15) is 9.59 Å². The van der Waals surface area contributed by atoms with E-state index < -0.39 is 5.97 Å². The minimum Gasteiger partial charge on any atom is -0.465 e. The zero-order valence-corrected chi connectivity index (χ0v) is 14.1. The molecule has 0 fully saturated rings. The first-order valence-corrected chi connectivity index (χ1v) is 7.64. The maximum atomic E-state index is 12.2. The van der Waals surface area contributed by atoms with Gasteiger partial charge in [-0.25, -0.2) is 4.79 Å². The zero-order chi connectivity index (χ0) is 16.4. The van der Waals surface area contributed by atoms with Gasteiger partial charge in [0.25, 0.3) is 0 Å². The summed E-state index contributed by atoms with van der Waals surface area (Å²) in [6.45, 7) is 7.63. The van der Waals surface area contributed by atoms with Crippen LogP contribution in [0.5, 0.6) is 0 Å². The van der Waals surface area contributed by atoms with E-state index in [1.54, 1.807) is 4.68 Å². The van der Waals surface area contributed by atoms with Crippen LogP contribution in [0.2, 0.25) is 0 Å². The van der Waals surface area contributed by atoms with Crippen LogP contribution in [0.3, 0.4) is 0 Å². The second kappa shape index (κ2) is 6.31. The normalized spacial score (nSPS) is 10.6. The number of ether oxygens (including phenoxy) is 1. The maximum Gasteiger partial charge on any atom is 0.341 e. The molecule has 1 N–H and O–H groups in total. The highest BCUT2D eigenvalue weighted by Gasteiger charge is 2.21. The van der Waals surface area contributed by atoms with Crippen LogP contribution in [0.25, 0.3) is 0 Å². The number of thiophene rings is 1. The summed E-state index contributed by atoms with van der Waals surface area (Å²) in [5.74, 6) is -0.666. The predicted molar refractivity (Wildman–Crippen MR) is 85.5 cm³/mol. The number of carbonyl (C=O) groups is 2. The van der Waals surface area contributed by atoms with Crippen molar-refractivity contribution >= 4 is 28.2 Å². The predicted octanol–water partition coefficient (Wildman–Crippen LogP) is 2.60. The van der Waals surface area contributed by atoms with Crippen molar-refractivity contribution in [2.24, 2.45) is 0 Å². The van der Waals surface area contributed by atoms with Gasteiger partial charge in [0.2, 0.25) is 5.91 Å². The van der Waals surface area contributed by atoms with Crippen LogP contribution in [-0.4, -0.2) is 28.8 Å². The number of nitrogens with zero attached hydrogens (tertiary/aromatic N) is 2. The van der Waals surface area contributed by atoms with Gasteiger partial charge in [-0.15, -0.1) is 11.3 Å². The lowest BCUT2D eigenvalue weighted by Gasteiger charge is -2.07. The van der Waals surface area contributed by atoms with Crippen LogP contribution in [0.1, 0.15) is 32.2 Å². The van der Waals surface area contributed by atoms with Crippen molar-refractivity contribution < 1.29 is 14.3 Å². The van der Waals surface area contributed by atoms with Gasteiger partial charge in [-0.1, -0.05) is 0 Å². The Hall–Kier alpha value is -2.15. The van der Waals surface area contributed by atoms with Gasteiger partial charge in [0.1, 0.15) is 11.5 Å². The Morgan fingerprint density at radius 1 is 1.32 bits per heavy atom. The fourth-order valence-corrected chi connectivity index (χ4v) is 3.26. The number of esters is 1. The molecule has 0 atom stereocenters. The summed E-state index contributed by atoms with van der Waals surface area (Å²) in [6.07, 6.45) is 0. The summed E-state index contributed by atoms with van der Waals surface area (Å²) < 4.78 is 6.43. The quantitative estimate of drug-likeness (QED) is 0.879. The molecule has 7 heteroatoms. The Kier molecular flexibility index (Phi) is 4.65. The second-order valence-electron chi connectivity index (χ2n) is 5.11. The lowest BCUT2D eigenvalue weighted by atomic mass is 10.1. The van der Waals surface area contributed by atoms with E-state index in [1.807, 2.05) is 33.8 Å². The standard InChI is InChI=1S/C15H19N3O3S/c1-8-6-9(2)18(17-8)7-12(19)16-14-13(15(20)21-5)10(3)11(4)22-14/h6H,7H2,1-5H3,(H,16,19). The molecular weight excluding hydrogens is 302 g/mol. The number of hydrogen-bond donors (Lipinski definition) is 1. The highest BCUT2D eigenvalue weighted by atomic mass is 32.1. The molecule has 0 aliphatic rings. The number of aromatic nitrogens is 2. The van der Waals surface area contributed by atoms with E-state index >= 15 is 0 Å².